The number of thiazole rings is 1. The van der Waals surface area contributed by atoms with Gasteiger partial charge in [-0.15, -0.1) is 11.3 Å². The maximum Gasteiger partial charge on any atom is 0.320 e. The van der Waals surface area contributed by atoms with Crippen molar-refractivity contribution in [2.75, 3.05) is 5.32 Å². The van der Waals surface area contributed by atoms with Crippen molar-refractivity contribution in [1.82, 2.24) is 14.7 Å². The van der Waals surface area contributed by atoms with E-state index in [4.69, 9.17) is 0 Å². The SMILES string of the molecule is Cc1nc(C)c(NC(=O)NCc2sncc2Br)s1. The molecule has 0 saturated heterocycles. The minimum atomic E-state index is -0.234. The molecule has 0 saturated carbocycles. The summed E-state index contributed by atoms with van der Waals surface area (Å²) in [4.78, 5) is 16.9. The Kier molecular flexibility index (Phi) is 4.31. The van der Waals surface area contributed by atoms with E-state index in [1.807, 2.05) is 13.8 Å². The summed E-state index contributed by atoms with van der Waals surface area (Å²) in [5, 5.41) is 7.29. The number of nitrogens with one attached hydrogen (secondary N) is 2. The van der Waals surface area contributed by atoms with Gasteiger partial charge in [-0.3, -0.25) is 5.32 Å². The summed E-state index contributed by atoms with van der Waals surface area (Å²) in [6.45, 7) is 4.24. The van der Waals surface area contributed by atoms with Crippen LogP contribution in [0.3, 0.4) is 0 Å². The number of amides is 2. The van der Waals surface area contributed by atoms with Crippen LogP contribution in [0.25, 0.3) is 0 Å². The third kappa shape index (κ3) is 3.27. The Hall–Kier alpha value is -0.990. The Labute approximate surface area is 121 Å². The van der Waals surface area contributed by atoms with Crippen molar-refractivity contribution in [2.45, 2.75) is 20.4 Å². The summed E-state index contributed by atoms with van der Waals surface area (Å²) < 4.78 is 4.93. The number of anilines is 1. The lowest BCUT2D eigenvalue weighted by Gasteiger charge is -2.05. The average molecular weight is 347 g/mol. The van der Waals surface area contributed by atoms with E-state index < -0.39 is 0 Å². The molecule has 2 heterocycles. The van der Waals surface area contributed by atoms with Crippen LogP contribution in [0.15, 0.2) is 10.7 Å². The molecule has 2 amide bonds. The van der Waals surface area contributed by atoms with Crippen molar-refractivity contribution in [3.8, 4) is 0 Å². The molecule has 2 N–H and O–H groups in total. The number of carbonyl (C=O) groups excluding carboxylic acids is 1. The molecule has 0 atom stereocenters. The number of aryl methyl sites for hydroxylation is 2. The van der Waals surface area contributed by atoms with Crippen molar-refractivity contribution in [2.24, 2.45) is 0 Å². The van der Waals surface area contributed by atoms with Crippen molar-refractivity contribution < 1.29 is 4.79 Å². The van der Waals surface area contributed by atoms with Crippen LogP contribution in [-0.2, 0) is 6.54 Å². The van der Waals surface area contributed by atoms with Crippen molar-refractivity contribution in [1.29, 1.82) is 0 Å². The predicted molar refractivity (Wildman–Crippen MR) is 77.3 cm³/mol. The van der Waals surface area contributed by atoms with E-state index in [1.54, 1.807) is 6.20 Å². The molecule has 0 radical (unpaired) electrons. The first kappa shape index (κ1) is 13.4. The second-order valence-corrected chi connectivity index (χ2v) is 6.50. The van der Waals surface area contributed by atoms with Crippen LogP contribution in [0.2, 0.25) is 0 Å². The van der Waals surface area contributed by atoms with Gasteiger partial charge in [0.1, 0.15) is 5.00 Å². The lowest BCUT2D eigenvalue weighted by molar-refractivity contribution is 0.252. The number of aromatic nitrogens is 2. The van der Waals surface area contributed by atoms with E-state index in [2.05, 4.69) is 35.9 Å². The molecule has 0 aliphatic heterocycles. The largest absolute Gasteiger partial charge is 0.333 e. The van der Waals surface area contributed by atoms with Crippen LogP contribution in [0, 0.1) is 13.8 Å². The molecule has 0 aromatic carbocycles. The molecular formula is C10H11BrN4OS2. The quantitative estimate of drug-likeness (QED) is 0.895. The van der Waals surface area contributed by atoms with E-state index in [1.165, 1.54) is 22.9 Å². The number of urea groups is 1. The molecule has 0 spiro atoms. The molecule has 2 aromatic rings. The van der Waals surface area contributed by atoms with E-state index in [0.29, 0.717) is 6.54 Å². The zero-order chi connectivity index (χ0) is 13.1. The fraction of sp³-hybridized carbons (Fsp3) is 0.300. The topological polar surface area (TPSA) is 66.9 Å². The van der Waals surface area contributed by atoms with E-state index in [9.17, 15) is 4.79 Å². The van der Waals surface area contributed by atoms with E-state index in [-0.39, 0.29) is 6.03 Å². The smallest absolute Gasteiger partial charge is 0.320 e. The van der Waals surface area contributed by atoms with Crippen molar-refractivity contribution in [3.63, 3.8) is 0 Å². The van der Waals surface area contributed by atoms with Gasteiger partial charge in [0.05, 0.1) is 32.8 Å². The summed E-state index contributed by atoms with van der Waals surface area (Å²) in [7, 11) is 0. The predicted octanol–water partition coefficient (Wildman–Crippen LogP) is 3.30. The lowest BCUT2D eigenvalue weighted by Crippen LogP contribution is -2.27. The van der Waals surface area contributed by atoms with Gasteiger partial charge in [-0.1, -0.05) is 0 Å². The molecule has 18 heavy (non-hydrogen) atoms. The molecule has 96 valence electrons. The fourth-order valence-electron chi connectivity index (χ4n) is 1.32. The van der Waals surface area contributed by atoms with Crippen LogP contribution in [0.4, 0.5) is 9.80 Å². The van der Waals surface area contributed by atoms with Gasteiger partial charge in [0.2, 0.25) is 0 Å². The average Bonchev–Trinajstić information content (AvgIpc) is 2.83. The normalized spacial score (nSPS) is 10.4. The summed E-state index contributed by atoms with van der Waals surface area (Å²) in [5.41, 5.74) is 0.839. The zero-order valence-electron chi connectivity index (χ0n) is 9.78. The first-order chi connectivity index (χ1) is 8.56. The number of carbonyl (C=O) groups is 1. The van der Waals surface area contributed by atoms with Gasteiger partial charge in [-0.2, -0.15) is 4.37 Å². The second-order valence-electron chi connectivity index (χ2n) is 3.55. The molecular weight excluding hydrogens is 336 g/mol. The van der Waals surface area contributed by atoms with Gasteiger partial charge in [0.15, 0.2) is 0 Å². The molecule has 0 aliphatic rings. The summed E-state index contributed by atoms with van der Waals surface area (Å²) >= 11 is 6.19. The van der Waals surface area contributed by atoms with E-state index in [0.717, 1.165) is 25.1 Å². The first-order valence-electron chi connectivity index (χ1n) is 5.14. The Morgan fingerprint density at radius 1 is 1.50 bits per heavy atom. The van der Waals surface area contributed by atoms with E-state index >= 15 is 0 Å². The minimum absolute atomic E-state index is 0.234. The Morgan fingerprint density at radius 2 is 2.28 bits per heavy atom. The molecule has 2 aromatic heterocycles. The fourth-order valence-corrected chi connectivity index (χ4v) is 3.30. The van der Waals surface area contributed by atoms with Crippen LogP contribution in [0.5, 0.6) is 0 Å². The molecule has 5 nitrogen and oxygen atoms in total. The maximum atomic E-state index is 11.7. The van der Waals surface area contributed by atoms with Gasteiger partial charge >= 0.3 is 6.03 Å². The third-order valence-corrected chi connectivity index (χ3v) is 4.86. The Balaban J connectivity index is 1.90. The Morgan fingerprint density at radius 3 is 2.83 bits per heavy atom. The zero-order valence-corrected chi connectivity index (χ0v) is 13.0. The first-order valence-corrected chi connectivity index (χ1v) is 7.52. The Bertz CT molecular complexity index is 566. The number of nitrogens with zero attached hydrogens (tertiary/aromatic N) is 2. The van der Waals surface area contributed by atoms with Crippen molar-refractivity contribution >= 4 is 49.8 Å². The highest BCUT2D eigenvalue weighted by molar-refractivity contribution is 9.10. The van der Waals surface area contributed by atoms with Gasteiger partial charge in [-0.25, -0.2) is 9.78 Å². The summed E-state index contributed by atoms with van der Waals surface area (Å²) in [5.74, 6) is 0. The maximum absolute atomic E-state index is 11.7. The summed E-state index contributed by atoms with van der Waals surface area (Å²) in [6, 6.07) is -0.234. The highest BCUT2D eigenvalue weighted by Crippen LogP contribution is 2.23. The van der Waals surface area contributed by atoms with Gasteiger partial charge in [0.25, 0.3) is 0 Å². The van der Waals surface area contributed by atoms with Crippen molar-refractivity contribution in [3.05, 3.63) is 26.2 Å². The minimum Gasteiger partial charge on any atom is -0.333 e. The highest BCUT2D eigenvalue weighted by Gasteiger charge is 2.09. The molecule has 8 heteroatoms. The molecule has 2 rings (SSSR count). The highest BCUT2D eigenvalue weighted by atomic mass is 79.9. The van der Waals surface area contributed by atoms with Gasteiger partial charge in [-0.05, 0) is 41.3 Å². The van der Waals surface area contributed by atoms with Crippen LogP contribution in [-0.4, -0.2) is 15.4 Å². The van der Waals surface area contributed by atoms with Crippen LogP contribution < -0.4 is 10.6 Å². The number of hydrogen-bond acceptors (Lipinski definition) is 5. The number of hydrogen-bond donors (Lipinski definition) is 2. The third-order valence-electron chi connectivity index (χ3n) is 2.14. The number of rotatable bonds is 3. The lowest BCUT2D eigenvalue weighted by atomic mass is 10.5. The van der Waals surface area contributed by atoms with Gasteiger partial charge < -0.3 is 5.32 Å². The molecule has 0 fully saturated rings. The summed E-state index contributed by atoms with van der Waals surface area (Å²) in [6.07, 6.45) is 1.72. The second kappa shape index (κ2) is 5.77. The van der Waals surface area contributed by atoms with Crippen LogP contribution in [0.1, 0.15) is 15.6 Å². The molecule has 0 bridgehead atoms. The number of halogens is 1. The monoisotopic (exact) mass is 346 g/mol. The molecule has 0 aliphatic carbocycles. The van der Waals surface area contributed by atoms with Crippen LogP contribution >= 0.6 is 38.8 Å². The van der Waals surface area contributed by atoms with Gasteiger partial charge in [0, 0.05) is 0 Å². The standard InChI is InChI=1S/C10H11BrN4OS2/c1-5-9(17-6(2)14-5)15-10(16)12-4-8-7(11)3-13-18-8/h3H,4H2,1-2H3,(H2,12,15,16). The molecule has 0 unspecified atom stereocenters.